The van der Waals surface area contributed by atoms with E-state index in [1.54, 1.807) is 36.4 Å². The summed E-state index contributed by atoms with van der Waals surface area (Å²) in [6.45, 7) is 2.22. The van der Waals surface area contributed by atoms with Gasteiger partial charge >= 0.3 is 11.9 Å². The Morgan fingerprint density at radius 3 is 2.36 bits per heavy atom. The first-order chi connectivity index (χ1) is 13.5. The number of rotatable bonds is 6. The average molecular weight is 486 g/mol. The number of hydrogen-bond donors (Lipinski definition) is 0. The van der Waals surface area contributed by atoms with Crippen LogP contribution in [0.15, 0.2) is 72.8 Å². The molecule has 0 fully saturated rings. The SMILES string of the molecule is Cc1ccc(C(=O)Oc2ccccc2C(=O)OCCc2ccccc2)cc1I. The summed E-state index contributed by atoms with van der Waals surface area (Å²) in [4.78, 5) is 24.9. The van der Waals surface area contributed by atoms with Crippen LogP contribution in [0.5, 0.6) is 5.75 Å². The van der Waals surface area contributed by atoms with Crippen molar-refractivity contribution in [3.8, 4) is 5.75 Å². The Bertz CT molecular complexity index is 983. The van der Waals surface area contributed by atoms with E-state index >= 15 is 0 Å². The second kappa shape index (κ2) is 9.50. The van der Waals surface area contributed by atoms with Gasteiger partial charge in [-0.3, -0.25) is 0 Å². The van der Waals surface area contributed by atoms with Gasteiger partial charge in [0.15, 0.2) is 0 Å². The van der Waals surface area contributed by atoms with E-state index in [1.807, 2.05) is 43.3 Å². The third-order valence-electron chi connectivity index (χ3n) is 4.18. The van der Waals surface area contributed by atoms with E-state index in [0.29, 0.717) is 12.0 Å². The van der Waals surface area contributed by atoms with Crippen molar-refractivity contribution in [1.29, 1.82) is 0 Å². The molecule has 0 aliphatic carbocycles. The molecule has 0 aliphatic heterocycles. The number of para-hydroxylation sites is 1. The largest absolute Gasteiger partial charge is 0.462 e. The maximum absolute atomic E-state index is 12.5. The summed E-state index contributed by atoms with van der Waals surface area (Å²) < 4.78 is 11.8. The lowest BCUT2D eigenvalue weighted by molar-refractivity contribution is 0.0504. The Balaban J connectivity index is 1.67. The summed E-state index contributed by atoms with van der Waals surface area (Å²) in [5.74, 6) is -0.840. The topological polar surface area (TPSA) is 52.6 Å². The van der Waals surface area contributed by atoms with Crippen molar-refractivity contribution in [2.75, 3.05) is 6.61 Å². The van der Waals surface area contributed by atoms with Crippen molar-refractivity contribution in [3.05, 3.63) is 98.6 Å². The Kier molecular flexibility index (Phi) is 6.81. The van der Waals surface area contributed by atoms with E-state index < -0.39 is 11.9 Å². The molecule has 3 aromatic carbocycles. The van der Waals surface area contributed by atoms with Gasteiger partial charge < -0.3 is 9.47 Å². The molecule has 4 nitrogen and oxygen atoms in total. The van der Waals surface area contributed by atoms with Gasteiger partial charge in [-0.2, -0.15) is 0 Å². The molecule has 0 amide bonds. The zero-order chi connectivity index (χ0) is 19.9. The molecule has 0 heterocycles. The molecule has 0 unspecified atom stereocenters. The molecule has 0 bridgehead atoms. The molecule has 3 rings (SSSR count). The Labute approximate surface area is 177 Å². The van der Waals surface area contributed by atoms with Gasteiger partial charge in [-0.1, -0.05) is 48.5 Å². The van der Waals surface area contributed by atoms with Gasteiger partial charge in [0.05, 0.1) is 12.2 Å². The van der Waals surface area contributed by atoms with Crippen molar-refractivity contribution >= 4 is 34.5 Å². The summed E-state index contributed by atoms with van der Waals surface area (Å²) >= 11 is 2.17. The molecular formula is C23H19IO4. The molecule has 0 aliphatic rings. The second-order valence-corrected chi connectivity index (χ2v) is 7.38. The molecule has 0 saturated heterocycles. The Hall–Kier alpha value is -2.67. The van der Waals surface area contributed by atoms with Crippen LogP contribution in [0, 0.1) is 10.5 Å². The van der Waals surface area contributed by atoms with Crippen LogP contribution >= 0.6 is 22.6 Å². The molecule has 3 aromatic rings. The number of ether oxygens (including phenoxy) is 2. The number of hydrogen-bond acceptors (Lipinski definition) is 4. The highest BCUT2D eigenvalue weighted by Crippen LogP contribution is 2.22. The molecule has 5 heteroatoms. The summed E-state index contributed by atoms with van der Waals surface area (Å²) in [6, 6.07) is 21.7. The minimum absolute atomic E-state index is 0.188. The first-order valence-corrected chi connectivity index (χ1v) is 9.91. The van der Waals surface area contributed by atoms with E-state index in [0.717, 1.165) is 14.7 Å². The lowest BCUT2D eigenvalue weighted by Crippen LogP contribution is -2.14. The normalized spacial score (nSPS) is 10.4. The summed E-state index contributed by atoms with van der Waals surface area (Å²) in [5.41, 5.74) is 2.83. The molecule has 0 spiro atoms. The predicted molar refractivity (Wildman–Crippen MR) is 116 cm³/mol. The fraction of sp³-hybridized carbons (Fsp3) is 0.130. The van der Waals surface area contributed by atoms with Crippen molar-refractivity contribution in [1.82, 2.24) is 0 Å². The third-order valence-corrected chi connectivity index (χ3v) is 5.35. The van der Waals surface area contributed by atoms with Crippen molar-refractivity contribution in [2.45, 2.75) is 13.3 Å². The molecular weight excluding hydrogens is 467 g/mol. The number of halogens is 1. The maximum atomic E-state index is 12.5. The van der Waals surface area contributed by atoms with E-state index in [4.69, 9.17) is 9.47 Å². The van der Waals surface area contributed by atoms with E-state index in [1.165, 1.54) is 0 Å². The quantitative estimate of drug-likeness (QED) is 0.273. The smallest absolute Gasteiger partial charge is 0.343 e. The van der Waals surface area contributed by atoms with Crippen LogP contribution in [0.2, 0.25) is 0 Å². The summed E-state index contributed by atoms with van der Waals surface area (Å²) in [5, 5.41) is 0. The highest BCUT2D eigenvalue weighted by atomic mass is 127. The summed E-state index contributed by atoms with van der Waals surface area (Å²) in [7, 11) is 0. The van der Waals surface area contributed by atoms with E-state index in [2.05, 4.69) is 22.6 Å². The van der Waals surface area contributed by atoms with Gasteiger partial charge in [-0.25, -0.2) is 9.59 Å². The zero-order valence-corrected chi connectivity index (χ0v) is 17.5. The molecule has 0 radical (unpaired) electrons. The van der Waals surface area contributed by atoms with Gasteiger partial charge in [0.2, 0.25) is 0 Å². The standard InChI is InChI=1S/C23H19IO4/c1-16-11-12-18(15-20(16)24)22(25)28-21-10-6-5-9-19(21)23(26)27-14-13-17-7-3-2-4-8-17/h2-12,15H,13-14H2,1H3. The first-order valence-electron chi connectivity index (χ1n) is 8.83. The Morgan fingerprint density at radius 1 is 0.893 bits per heavy atom. The van der Waals surface area contributed by atoms with Crippen LogP contribution in [-0.2, 0) is 11.2 Å². The molecule has 28 heavy (non-hydrogen) atoms. The lowest BCUT2D eigenvalue weighted by atomic mass is 10.1. The highest BCUT2D eigenvalue weighted by Gasteiger charge is 2.17. The van der Waals surface area contributed by atoms with Gasteiger partial charge in [0, 0.05) is 9.99 Å². The van der Waals surface area contributed by atoms with E-state index in [9.17, 15) is 9.59 Å². The number of benzene rings is 3. The number of aryl methyl sites for hydroxylation is 1. The zero-order valence-electron chi connectivity index (χ0n) is 15.4. The van der Waals surface area contributed by atoms with Gasteiger partial charge in [-0.15, -0.1) is 0 Å². The van der Waals surface area contributed by atoms with Crippen LogP contribution in [0.1, 0.15) is 31.8 Å². The first kappa shape index (κ1) is 20.1. The fourth-order valence-electron chi connectivity index (χ4n) is 2.59. The number of carbonyl (C=O) groups excluding carboxylic acids is 2. The maximum Gasteiger partial charge on any atom is 0.343 e. The van der Waals surface area contributed by atoms with Crippen LogP contribution in [0.4, 0.5) is 0 Å². The predicted octanol–water partition coefficient (Wildman–Crippen LogP) is 5.22. The molecule has 0 aromatic heterocycles. The fourth-order valence-corrected chi connectivity index (χ4v) is 3.10. The third kappa shape index (κ3) is 5.19. The summed E-state index contributed by atoms with van der Waals surface area (Å²) in [6.07, 6.45) is 0.621. The monoisotopic (exact) mass is 486 g/mol. The van der Waals surface area contributed by atoms with Crippen molar-refractivity contribution in [2.24, 2.45) is 0 Å². The van der Waals surface area contributed by atoms with Crippen LogP contribution < -0.4 is 4.74 Å². The minimum Gasteiger partial charge on any atom is -0.462 e. The Morgan fingerprint density at radius 2 is 1.61 bits per heavy atom. The number of esters is 2. The molecule has 0 saturated carbocycles. The second-order valence-electron chi connectivity index (χ2n) is 6.22. The number of carbonyl (C=O) groups is 2. The van der Waals surface area contributed by atoms with Gasteiger partial charge in [0.1, 0.15) is 11.3 Å². The van der Waals surface area contributed by atoms with Crippen LogP contribution in [0.25, 0.3) is 0 Å². The van der Waals surface area contributed by atoms with Crippen molar-refractivity contribution in [3.63, 3.8) is 0 Å². The molecule has 0 atom stereocenters. The van der Waals surface area contributed by atoms with Crippen LogP contribution in [0.3, 0.4) is 0 Å². The average Bonchev–Trinajstić information content (AvgIpc) is 2.71. The van der Waals surface area contributed by atoms with Gasteiger partial charge in [0.25, 0.3) is 0 Å². The highest BCUT2D eigenvalue weighted by molar-refractivity contribution is 14.1. The lowest BCUT2D eigenvalue weighted by Gasteiger charge is -2.11. The minimum atomic E-state index is -0.516. The van der Waals surface area contributed by atoms with Gasteiger partial charge in [-0.05, 0) is 64.9 Å². The van der Waals surface area contributed by atoms with Crippen molar-refractivity contribution < 1.29 is 19.1 Å². The molecule has 142 valence electrons. The van der Waals surface area contributed by atoms with E-state index in [-0.39, 0.29) is 17.9 Å². The van der Waals surface area contributed by atoms with Crippen LogP contribution in [-0.4, -0.2) is 18.5 Å². The molecule has 0 N–H and O–H groups in total.